The van der Waals surface area contributed by atoms with E-state index in [1.807, 2.05) is 40.5 Å². The Morgan fingerprint density at radius 3 is 2.72 bits per heavy atom. The molecule has 1 atom stereocenters. The van der Waals surface area contributed by atoms with E-state index in [1.54, 1.807) is 0 Å². The number of amides is 2. The Morgan fingerprint density at radius 1 is 1.08 bits per heavy atom. The van der Waals surface area contributed by atoms with E-state index in [1.165, 1.54) is 22.2 Å². The van der Waals surface area contributed by atoms with Gasteiger partial charge in [-0.25, -0.2) is 14.8 Å². The zero-order chi connectivity index (χ0) is 24.6. The number of rotatable bonds is 4. The number of piperazine rings is 1. The first-order chi connectivity index (χ1) is 17.6. The van der Waals surface area contributed by atoms with Crippen LogP contribution >= 0.6 is 11.3 Å². The third-order valence-electron chi connectivity index (χ3n) is 7.55. The van der Waals surface area contributed by atoms with Crippen LogP contribution in [-0.2, 0) is 19.3 Å². The monoisotopic (exact) mass is 499 g/mol. The van der Waals surface area contributed by atoms with Gasteiger partial charge in [-0.15, -0.1) is 11.3 Å². The third kappa shape index (κ3) is 4.30. The zero-order valence-corrected chi connectivity index (χ0v) is 21.9. The minimum absolute atomic E-state index is 0.0348. The van der Waals surface area contributed by atoms with Crippen LogP contribution in [0.25, 0.3) is 21.0 Å². The number of hydrogen-bond acceptors (Lipinski definition) is 5. The third-order valence-corrected chi connectivity index (χ3v) is 8.70. The number of nitrogens with one attached hydrogen (secondary N) is 1. The molecule has 36 heavy (non-hydrogen) atoms. The van der Waals surface area contributed by atoms with Gasteiger partial charge in [0, 0.05) is 42.9 Å². The number of anilines is 2. The lowest BCUT2D eigenvalue weighted by Gasteiger charge is -2.36. The van der Waals surface area contributed by atoms with E-state index in [4.69, 9.17) is 9.97 Å². The van der Waals surface area contributed by atoms with Gasteiger partial charge in [0.25, 0.3) is 0 Å². The van der Waals surface area contributed by atoms with Crippen molar-refractivity contribution < 1.29 is 4.79 Å². The number of carbonyl (C=O) groups is 1. The quantitative estimate of drug-likeness (QED) is 0.359. The fourth-order valence-electron chi connectivity index (χ4n) is 5.58. The van der Waals surface area contributed by atoms with Crippen molar-refractivity contribution in [2.75, 3.05) is 36.4 Å². The molecule has 1 aliphatic heterocycles. The second kappa shape index (κ2) is 9.69. The molecule has 6 rings (SSSR count). The number of benzene rings is 2. The van der Waals surface area contributed by atoms with Gasteiger partial charge in [0.05, 0.1) is 11.1 Å². The van der Waals surface area contributed by atoms with Crippen molar-refractivity contribution in [3.8, 4) is 0 Å². The van der Waals surface area contributed by atoms with E-state index in [2.05, 4.69) is 42.3 Å². The van der Waals surface area contributed by atoms with E-state index in [0.717, 1.165) is 77.6 Å². The van der Waals surface area contributed by atoms with Gasteiger partial charge < -0.3 is 15.1 Å². The van der Waals surface area contributed by atoms with Gasteiger partial charge in [-0.2, -0.15) is 0 Å². The van der Waals surface area contributed by atoms with Gasteiger partial charge in [0.15, 0.2) is 0 Å². The molecule has 2 aromatic carbocycles. The molecular formula is C29H33N5OS. The Hall–Kier alpha value is -3.19. The maximum atomic E-state index is 13.2. The minimum Gasteiger partial charge on any atom is -0.352 e. The molecule has 7 heteroatoms. The molecule has 4 aromatic rings. The number of carbonyl (C=O) groups excluding carboxylic acids is 1. The van der Waals surface area contributed by atoms with Crippen molar-refractivity contribution in [1.82, 2.24) is 14.9 Å². The predicted octanol–water partition coefficient (Wildman–Crippen LogP) is 6.28. The molecule has 0 unspecified atom stereocenters. The normalized spacial score (nSPS) is 18.0. The first-order valence-electron chi connectivity index (χ1n) is 13.2. The van der Waals surface area contributed by atoms with Crippen molar-refractivity contribution in [3.63, 3.8) is 0 Å². The maximum Gasteiger partial charge on any atom is 0.321 e. The molecule has 1 aliphatic carbocycles. The highest BCUT2D eigenvalue weighted by Crippen LogP contribution is 2.41. The molecule has 1 fully saturated rings. The highest BCUT2D eigenvalue weighted by Gasteiger charge is 2.28. The number of aromatic nitrogens is 2. The Labute approximate surface area is 216 Å². The molecule has 0 bridgehead atoms. The summed E-state index contributed by atoms with van der Waals surface area (Å²) >= 11 is 1.88. The molecule has 0 spiro atoms. The summed E-state index contributed by atoms with van der Waals surface area (Å²) in [6.45, 7) is 7.44. The predicted molar refractivity (Wildman–Crippen MR) is 149 cm³/mol. The van der Waals surface area contributed by atoms with Crippen LogP contribution < -0.4 is 10.2 Å². The van der Waals surface area contributed by atoms with Crippen LogP contribution in [0.4, 0.5) is 16.3 Å². The molecule has 1 saturated heterocycles. The summed E-state index contributed by atoms with van der Waals surface area (Å²) < 4.78 is 0. The summed E-state index contributed by atoms with van der Waals surface area (Å²) in [5.74, 6) is 2.77. The summed E-state index contributed by atoms with van der Waals surface area (Å²) in [7, 11) is 0. The highest BCUT2D eigenvalue weighted by molar-refractivity contribution is 7.19. The molecular weight excluding hydrogens is 466 g/mol. The van der Waals surface area contributed by atoms with Crippen molar-refractivity contribution in [2.45, 2.75) is 46.0 Å². The topological polar surface area (TPSA) is 61.4 Å². The number of urea groups is 1. The second-order valence-corrected chi connectivity index (χ2v) is 11.3. The Bertz CT molecular complexity index is 1420. The van der Waals surface area contributed by atoms with Crippen LogP contribution in [0.15, 0.2) is 42.5 Å². The number of hydrogen-bond donors (Lipinski definition) is 1. The lowest BCUT2D eigenvalue weighted by molar-refractivity contribution is 0.208. The molecule has 0 saturated carbocycles. The summed E-state index contributed by atoms with van der Waals surface area (Å²) in [5, 5.41) is 6.62. The molecule has 2 amide bonds. The van der Waals surface area contributed by atoms with Crippen molar-refractivity contribution in [2.24, 2.45) is 5.92 Å². The Kier molecular flexibility index (Phi) is 6.25. The van der Waals surface area contributed by atoms with Crippen LogP contribution in [0.3, 0.4) is 0 Å². The SMILES string of the molecule is CCCc1nc(N2CCN(C(=O)Nc3cccc4ccccc34)CC2)c2c3c(sc2n1)C[C@@H](C)CC3. The maximum absolute atomic E-state index is 13.2. The molecule has 2 aromatic heterocycles. The smallest absolute Gasteiger partial charge is 0.321 e. The molecule has 6 nitrogen and oxygen atoms in total. The van der Waals surface area contributed by atoms with E-state index < -0.39 is 0 Å². The van der Waals surface area contributed by atoms with Gasteiger partial charge in [-0.3, -0.25) is 0 Å². The summed E-state index contributed by atoms with van der Waals surface area (Å²) in [5.41, 5.74) is 2.34. The lowest BCUT2D eigenvalue weighted by atomic mass is 9.89. The average Bonchev–Trinajstić information content (AvgIpc) is 3.26. The molecule has 186 valence electrons. The first kappa shape index (κ1) is 23.2. The highest BCUT2D eigenvalue weighted by atomic mass is 32.1. The van der Waals surface area contributed by atoms with Crippen LogP contribution in [0.1, 0.15) is 43.0 Å². The van der Waals surface area contributed by atoms with Gasteiger partial charge in [0.1, 0.15) is 16.5 Å². The fraction of sp³-hybridized carbons (Fsp3) is 0.414. The molecule has 2 aliphatic rings. The first-order valence-corrected chi connectivity index (χ1v) is 14.0. The van der Waals surface area contributed by atoms with Crippen molar-refractivity contribution in [3.05, 3.63) is 58.7 Å². The zero-order valence-electron chi connectivity index (χ0n) is 21.1. The minimum atomic E-state index is -0.0348. The molecule has 3 heterocycles. The summed E-state index contributed by atoms with van der Waals surface area (Å²) in [4.78, 5) is 30.2. The van der Waals surface area contributed by atoms with Crippen LogP contribution in [-0.4, -0.2) is 47.1 Å². The van der Waals surface area contributed by atoms with E-state index >= 15 is 0 Å². The second-order valence-electron chi connectivity index (χ2n) is 10.2. The van der Waals surface area contributed by atoms with Gasteiger partial charge >= 0.3 is 6.03 Å². The molecule has 0 radical (unpaired) electrons. The number of nitrogens with zero attached hydrogens (tertiary/aromatic N) is 4. The lowest BCUT2D eigenvalue weighted by Crippen LogP contribution is -2.50. The summed E-state index contributed by atoms with van der Waals surface area (Å²) in [6, 6.07) is 14.2. The van der Waals surface area contributed by atoms with Crippen LogP contribution in [0.2, 0.25) is 0 Å². The van der Waals surface area contributed by atoms with Crippen LogP contribution in [0, 0.1) is 5.92 Å². The van der Waals surface area contributed by atoms with Gasteiger partial charge in [-0.05, 0) is 48.6 Å². The number of aryl methyl sites for hydroxylation is 2. The Morgan fingerprint density at radius 2 is 1.89 bits per heavy atom. The fourth-order valence-corrected chi connectivity index (χ4v) is 6.98. The van der Waals surface area contributed by atoms with Gasteiger partial charge in [-0.1, -0.05) is 50.2 Å². The average molecular weight is 500 g/mol. The van der Waals surface area contributed by atoms with Crippen molar-refractivity contribution >= 4 is 49.9 Å². The number of thiophene rings is 1. The van der Waals surface area contributed by atoms with E-state index in [-0.39, 0.29) is 6.03 Å². The van der Waals surface area contributed by atoms with Crippen LogP contribution in [0.5, 0.6) is 0 Å². The largest absolute Gasteiger partial charge is 0.352 e. The molecule has 1 N–H and O–H groups in total. The van der Waals surface area contributed by atoms with Crippen molar-refractivity contribution in [1.29, 1.82) is 0 Å². The number of fused-ring (bicyclic) bond motifs is 4. The van der Waals surface area contributed by atoms with Gasteiger partial charge in [0.2, 0.25) is 0 Å². The van der Waals surface area contributed by atoms with E-state index in [0.29, 0.717) is 13.1 Å². The standard InChI is InChI=1S/C29H33N5OS/c1-3-7-25-31-27(26-22-13-12-19(2)18-24(22)36-28(26)32-25)33-14-16-34(17-15-33)29(35)30-23-11-6-9-20-8-4-5-10-21(20)23/h4-6,8-11,19H,3,7,12-18H2,1-2H3,(H,30,35)/t19-/m0/s1. The Balaban J connectivity index is 1.23. The van der Waals surface area contributed by atoms with E-state index in [9.17, 15) is 4.79 Å². The summed E-state index contributed by atoms with van der Waals surface area (Å²) in [6.07, 6.45) is 5.44.